The molecule has 136 valence electrons. The highest BCUT2D eigenvalue weighted by atomic mass is 32.1. The van der Waals surface area contributed by atoms with Crippen molar-refractivity contribution in [3.8, 4) is 0 Å². The Balaban J connectivity index is 2.00. The molecule has 0 aliphatic carbocycles. The van der Waals surface area contributed by atoms with E-state index in [0.717, 1.165) is 9.56 Å². The topological polar surface area (TPSA) is 59.0 Å². The summed E-state index contributed by atoms with van der Waals surface area (Å²) in [5.74, 6) is -0.345. The minimum absolute atomic E-state index is 0.105. The number of rotatable bonds is 2. The summed E-state index contributed by atoms with van der Waals surface area (Å²) in [7, 11) is 0. The van der Waals surface area contributed by atoms with Gasteiger partial charge in [-0.05, 0) is 32.2 Å². The van der Waals surface area contributed by atoms with Crippen LogP contribution in [0.2, 0.25) is 0 Å². The molecule has 0 saturated carbocycles. The second-order valence-electron chi connectivity index (χ2n) is 7.06. The molecule has 2 aromatic rings. The van der Waals surface area contributed by atoms with Crippen molar-refractivity contribution in [2.75, 3.05) is 5.32 Å². The summed E-state index contributed by atoms with van der Waals surface area (Å²) in [6, 6.07) is 1.30. The number of nitrogens with one attached hydrogen (secondary N) is 2. The third kappa shape index (κ3) is 3.65. The molecule has 0 bridgehead atoms. The fraction of sp³-hybridized carbons (Fsp3) is 0.500. The van der Waals surface area contributed by atoms with E-state index in [-0.39, 0.29) is 17.8 Å². The Labute approximate surface area is 147 Å². The molecule has 2 atom stereocenters. The number of alkyl halides is 3. The van der Waals surface area contributed by atoms with Crippen LogP contribution < -0.4 is 10.6 Å². The Morgan fingerprint density at radius 3 is 2.68 bits per heavy atom. The molecule has 0 saturated heterocycles. The molecule has 0 spiro atoms. The van der Waals surface area contributed by atoms with Crippen molar-refractivity contribution in [3.63, 3.8) is 0 Å². The number of carbonyl (C=O) groups excluding carboxylic acids is 1. The molecule has 0 radical (unpaired) electrons. The maximum absolute atomic E-state index is 13.5. The van der Waals surface area contributed by atoms with Gasteiger partial charge in [0.15, 0.2) is 6.04 Å². The molecular formula is C16H19F3N4OS. The zero-order chi connectivity index (χ0) is 18.4. The van der Waals surface area contributed by atoms with E-state index < -0.39 is 29.7 Å². The van der Waals surface area contributed by atoms with Crippen LogP contribution in [0.4, 0.5) is 19.0 Å². The van der Waals surface area contributed by atoms with E-state index in [4.69, 9.17) is 0 Å². The average molecular weight is 372 g/mol. The molecule has 3 heterocycles. The van der Waals surface area contributed by atoms with E-state index >= 15 is 0 Å². The number of carbonyl (C=O) groups is 1. The molecule has 9 heteroatoms. The maximum atomic E-state index is 13.5. The largest absolute Gasteiger partial charge is 0.410 e. The highest BCUT2D eigenvalue weighted by molar-refractivity contribution is 7.10. The number of hydrogen-bond acceptors (Lipinski definition) is 4. The van der Waals surface area contributed by atoms with Crippen LogP contribution in [0.5, 0.6) is 0 Å². The number of halogens is 3. The third-order valence-corrected chi connectivity index (χ3v) is 4.84. The second-order valence-corrected chi connectivity index (χ2v) is 8.04. The quantitative estimate of drug-likeness (QED) is 0.833. The second kappa shape index (κ2) is 6.05. The van der Waals surface area contributed by atoms with Gasteiger partial charge in [0.25, 0.3) is 5.91 Å². The van der Waals surface area contributed by atoms with E-state index in [1.54, 1.807) is 32.9 Å². The SMILES string of the molecule is CC(C)(C)NC(=O)c1cnn2c1NC(c1cccs1)CC2C(F)(F)F. The lowest BCUT2D eigenvalue weighted by molar-refractivity contribution is -0.173. The zero-order valence-electron chi connectivity index (χ0n) is 14.0. The summed E-state index contributed by atoms with van der Waals surface area (Å²) in [4.78, 5) is 13.3. The van der Waals surface area contributed by atoms with Crippen molar-refractivity contribution in [3.05, 3.63) is 34.2 Å². The van der Waals surface area contributed by atoms with Gasteiger partial charge in [-0.25, -0.2) is 4.68 Å². The van der Waals surface area contributed by atoms with Crippen molar-refractivity contribution in [2.45, 2.75) is 51.0 Å². The molecular weight excluding hydrogens is 353 g/mol. The lowest BCUT2D eigenvalue weighted by Crippen LogP contribution is -2.41. The number of fused-ring (bicyclic) bond motifs is 1. The minimum Gasteiger partial charge on any atom is -0.362 e. The molecule has 0 fully saturated rings. The van der Waals surface area contributed by atoms with Crippen LogP contribution in [0.25, 0.3) is 0 Å². The zero-order valence-corrected chi connectivity index (χ0v) is 14.8. The molecule has 0 aromatic carbocycles. The number of nitrogens with zero attached hydrogens (tertiary/aromatic N) is 2. The molecule has 1 amide bonds. The predicted molar refractivity (Wildman–Crippen MR) is 89.8 cm³/mol. The predicted octanol–water partition coefficient (Wildman–Crippen LogP) is 4.13. The first-order valence-electron chi connectivity index (χ1n) is 7.83. The first-order valence-corrected chi connectivity index (χ1v) is 8.71. The molecule has 25 heavy (non-hydrogen) atoms. The van der Waals surface area contributed by atoms with Gasteiger partial charge in [0.1, 0.15) is 11.4 Å². The number of amides is 1. The summed E-state index contributed by atoms with van der Waals surface area (Å²) in [5, 5.41) is 11.5. The van der Waals surface area contributed by atoms with Crippen LogP contribution in [0.3, 0.4) is 0 Å². The fourth-order valence-electron chi connectivity index (χ4n) is 2.81. The van der Waals surface area contributed by atoms with Crippen LogP contribution in [0.1, 0.15) is 54.5 Å². The number of hydrogen-bond donors (Lipinski definition) is 2. The van der Waals surface area contributed by atoms with Gasteiger partial charge in [-0.2, -0.15) is 18.3 Å². The molecule has 3 rings (SSSR count). The fourth-order valence-corrected chi connectivity index (χ4v) is 3.60. The van der Waals surface area contributed by atoms with Gasteiger partial charge in [0.2, 0.25) is 0 Å². The van der Waals surface area contributed by atoms with Gasteiger partial charge in [-0.15, -0.1) is 11.3 Å². The van der Waals surface area contributed by atoms with E-state index in [9.17, 15) is 18.0 Å². The smallest absolute Gasteiger partial charge is 0.362 e. The molecule has 2 aromatic heterocycles. The normalized spacial score (nSPS) is 20.7. The monoisotopic (exact) mass is 372 g/mol. The van der Waals surface area contributed by atoms with Gasteiger partial charge in [0, 0.05) is 16.8 Å². The summed E-state index contributed by atoms with van der Waals surface area (Å²) in [6.07, 6.45) is -3.42. The van der Waals surface area contributed by atoms with Crippen molar-refractivity contribution in [1.82, 2.24) is 15.1 Å². The number of aromatic nitrogens is 2. The Hall–Kier alpha value is -2.03. The average Bonchev–Trinajstić information content (AvgIpc) is 3.12. The molecule has 1 aliphatic heterocycles. The van der Waals surface area contributed by atoms with Crippen LogP contribution in [0, 0.1) is 0 Å². The number of anilines is 1. The van der Waals surface area contributed by atoms with E-state index in [1.165, 1.54) is 17.5 Å². The van der Waals surface area contributed by atoms with Crippen LogP contribution in [-0.4, -0.2) is 27.4 Å². The van der Waals surface area contributed by atoms with Crippen LogP contribution in [-0.2, 0) is 0 Å². The Bertz CT molecular complexity index is 761. The van der Waals surface area contributed by atoms with Gasteiger partial charge in [-0.1, -0.05) is 6.07 Å². The van der Waals surface area contributed by atoms with Crippen LogP contribution in [0.15, 0.2) is 23.7 Å². The first kappa shape index (κ1) is 17.8. The standard InChI is InChI=1S/C16H19F3N4OS/c1-15(2,3)22-14(24)9-8-20-23-12(16(17,18)19)7-10(21-13(9)23)11-5-4-6-25-11/h4-6,8,10,12,21H,7H2,1-3H3,(H,22,24). The van der Waals surface area contributed by atoms with E-state index in [2.05, 4.69) is 15.7 Å². The first-order chi connectivity index (χ1) is 11.6. The minimum atomic E-state index is -4.45. The van der Waals surface area contributed by atoms with E-state index in [1.807, 2.05) is 5.38 Å². The lowest BCUT2D eigenvalue weighted by atomic mass is 10.0. The third-order valence-electron chi connectivity index (χ3n) is 3.86. The molecule has 2 N–H and O–H groups in total. The highest BCUT2D eigenvalue weighted by Crippen LogP contribution is 2.45. The van der Waals surface area contributed by atoms with Gasteiger partial charge < -0.3 is 10.6 Å². The van der Waals surface area contributed by atoms with Crippen molar-refractivity contribution < 1.29 is 18.0 Å². The summed E-state index contributed by atoms with van der Waals surface area (Å²) >= 11 is 1.38. The van der Waals surface area contributed by atoms with Crippen molar-refractivity contribution in [1.29, 1.82) is 0 Å². The summed E-state index contributed by atoms with van der Waals surface area (Å²) < 4.78 is 41.5. The van der Waals surface area contributed by atoms with Gasteiger partial charge >= 0.3 is 6.18 Å². The van der Waals surface area contributed by atoms with Crippen LogP contribution >= 0.6 is 11.3 Å². The summed E-state index contributed by atoms with van der Waals surface area (Å²) in [5.41, 5.74) is -0.387. The van der Waals surface area contributed by atoms with Crippen molar-refractivity contribution >= 4 is 23.1 Å². The van der Waals surface area contributed by atoms with Gasteiger partial charge in [0.05, 0.1) is 12.2 Å². The lowest BCUT2D eigenvalue weighted by Gasteiger charge is -2.33. The maximum Gasteiger partial charge on any atom is 0.410 e. The highest BCUT2D eigenvalue weighted by Gasteiger charge is 2.47. The van der Waals surface area contributed by atoms with Crippen molar-refractivity contribution in [2.24, 2.45) is 0 Å². The Morgan fingerprint density at radius 2 is 2.12 bits per heavy atom. The molecule has 2 unspecified atom stereocenters. The van der Waals surface area contributed by atoms with Gasteiger partial charge in [-0.3, -0.25) is 4.79 Å². The Kier molecular flexibility index (Phi) is 4.30. The molecule has 1 aliphatic rings. The van der Waals surface area contributed by atoms with E-state index in [0.29, 0.717) is 0 Å². The Morgan fingerprint density at radius 1 is 1.40 bits per heavy atom. The number of thiophene rings is 1. The summed E-state index contributed by atoms with van der Waals surface area (Å²) in [6.45, 7) is 5.42. The molecule has 5 nitrogen and oxygen atoms in total.